The Hall–Kier alpha value is -2.67. The van der Waals surface area contributed by atoms with Crippen molar-refractivity contribution in [1.82, 2.24) is 23.8 Å². The Labute approximate surface area is 199 Å². The van der Waals surface area contributed by atoms with Crippen LogP contribution in [0.4, 0.5) is 10.3 Å². The van der Waals surface area contributed by atoms with Gasteiger partial charge in [-0.3, -0.25) is 10.1 Å². The standard InChI is InChI=1S/C21H32FN7O4S/c1-14(2)28-15(3)23-13-18(28)19-17(22)12-24-20(26-19)25-16-6-9-27(10-7-16)34(32,33)11-8-21(4,5)29(30)31/h12-14,16H,6-11H2,1-5H3,(H,24,25,26). The summed E-state index contributed by atoms with van der Waals surface area (Å²) in [4.78, 5) is 23.3. The van der Waals surface area contributed by atoms with Crippen LogP contribution < -0.4 is 5.32 Å². The van der Waals surface area contributed by atoms with E-state index in [-0.39, 0.29) is 49.0 Å². The number of piperidine rings is 1. The van der Waals surface area contributed by atoms with Gasteiger partial charge in [-0.05, 0) is 33.6 Å². The number of imidazole rings is 1. The number of aryl methyl sites for hydroxylation is 1. The Kier molecular flexibility index (Phi) is 7.56. The molecule has 0 amide bonds. The lowest BCUT2D eigenvalue weighted by molar-refractivity contribution is -0.560. The number of rotatable bonds is 9. The number of nitrogens with zero attached hydrogens (tertiary/aromatic N) is 6. The summed E-state index contributed by atoms with van der Waals surface area (Å²) in [6, 6.07) is -0.0118. The molecule has 0 saturated carbocycles. The summed E-state index contributed by atoms with van der Waals surface area (Å²) in [7, 11) is -3.59. The largest absolute Gasteiger partial charge is 0.351 e. The molecule has 0 aromatic carbocycles. The lowest BCUT2D eigenvalue weighted by atomic mass is 10.0. The molecule has 1 N–H and O–H groups in total. The Balaban J connectivity index is 1.65. The summed E-state index contributed by atoms with van der Waals surface area (Å²) < 4.78 is 43.2. The van der Waals surface area contributed by atoms with Gasteiger partial charge >= 0.3 is 0 Å². The number of hydrogen-bond donors (Lipinski definition) is 1. The molecule has 1 saturated heterocycles. The van der Waals surface area contributed by atoms with Gasteiger partial charge in [0.05, 0.1) is 23.8 Å². The van der Waals surface area contributed by atoms with Crippen LogP contribution in [0.15, 0.2) is 12.4 Å². The molecule has 188 valence electrons. The summed E-state index contributed by atoms with van der Waals surface area (Å²) in [5.41, 5.74) is -0.581. The first kappa shape index (κ1) is 25.9. The summed E-state index contributed by atoms with van der Waals surface area (Å²) in [5, 5.41) is 14.3. The van der Waals surface area contributed by atoms with Gasteiger partial charge in [0, 0.05) is 50.4 Å². The maximum absolute atomic E-state index is 14.6. The molecule has 0 atom stereocenters. The molecular formula is C21H32FN7O4S. The highest BCUT2D eigenvalue weighted by Crippen LogP contribution is 2.27. The molecule has 0 radical (unpaired) electrons. The van der Waals surface area contributed by atoms with E-state index < -0.39 is 26.3 Å². The van der Waals surface area contributed by atoms with Gasteiger partial charge in [0.2, 0.25) is 21.5 Å². The third-order valence-corrected chi connectivity index (χ3v) is 8.00. The number of anilines is 1. The van der Waals surface area contributed by atoms with Gasteiger partial charge in [-0.15, -0.1) is 0 Å². The van der Waals surface area contributed by atoms with Crippen molar-refractivity contribution in [1.29, 1.82) is 0 Å². The zero-order valence-corrected chi connectivity index (χ0v) is 21.0. The molecule has 0 bridgehead atoms. The predicted octanol–water partition coefficient (Wildman–Crippen LogP) is 3.02. The molecule has 0 aliphatic carbocycles. The summed E-state index contributed by atoms with van der Waals surface area (Å²) in [6.45, 7) is 9.23. The van der Waals surface area contributed by atoms with E-state index in [1.807, 2.05) is 25.3 Å². The fraction of sp³-hybridized carbons (Fsp3) is 0.667. The lowest BCUT2D eigenvalue weighted by Crippen LogP contribution is -2.44. The second-order valence-corrected chi connectivity index (χ2v) is 11.6. The Morgan fingerprint density at radius 2 is 1.91 bits per heavy atom. The number of nitro groups is 1. The smallest absolute Gasteiger partial charge is 0.223 e. The highest BCUT2D eigenvalue weighted by atomic mass is 32.2. The number of sulfonamides is 1. The van der Waals surface area contributed by atoms with E-state index in [9.17, 15) is 22.9 Å². The average Bonchev–Trinajstić information content (AvgIpc) is 3.15. The minimum Gasteiger partial charge on any atom is -0.351 e. The maximum atomic E-state index is 14.6. The van der Waals surface area contributed by atoms with Gasteiger partial charge in [0.15, 0.2) is 5.82 Å². The highest BCUT2D eigenvalue weighted by Gasteiger charge is 2.35. The van der Waals surface area contributed by atoms with Gasteiger partial charge in [-0.25, -0.2) is 32.1 Å². The van der Waals surface area contributed by atoms with Crippen LogP contribution >= 0.6 is 0 Å². The van der Waals surface area contributed by atoms with Gasteiger partial charge in [0.1, 0.15) is 11.5 Å². The SMILES string of the molecule is Cc1ncc(-c2nc(NC3CCN(S(=O)(=O)CCC(C)(C)[N+](=O)[O-])CC3)ncc2F)n1C(C)C. The summed E-state index contributed by atoms with van der Waals surface area (Å²) in [5.74, 6) is 0.199. The number of hydrogen-bond acceptors (Lipinski definition) is 8. The maximum Gasteiger partial charge on any atom is 0.223 e. The van der Waals surface area contributed by atoms with Crippen molar-refractivity contribution in [3.8, 4) is 11.4 Å². The molecule has 1 aliphatic rings. The Bertz CT molecular complexity index is 1140. The fourth-order valence-corrected chi connectivity index (χ4v) is 5.74. The number of halogens is 1. The van der Waals surface area contributed by atoms with Crippen LogP contribution in [-0.4, -0.2) is 67.6 Å². The van der Waals surface area contributed by atoms with Crippen LogP contribution in [0.2, 0.25) is 0 Å². The number of aromatic nitrogens is 4. The zero-order valence-electron chi connectivity index (χ0n) is 20.2. The highest BCUT2D eigenvalue weighted by molar-refractivity contribution is 7.89. The monoisotopic (exact) mass is 497 g/mol. The van der Waals surface area contributed by atoms with E-state index in [1.165, 1.54) is 18.2 Å². The van der Waals surface area contributed by atoms with Crippen LogP contribution in [0.3, 0.4) is 0 Å². The van der Waals surface area contributed by atoms with E-state index in [0.29, 0.717) is 18.5 Å². The minimum absolute atomic E-state index is 0.0564. The molecule has 11 nitrogen and oxygen atoms in total. The molecular weight excluding hydrogens is 465 g/mol. The van der Waals surface area contributed by atoms with Crippen molar-refractivity contribution in [2.24, 2.45) is 0 Å². The molecule has 0 unspecified atom stereocenters. The lowest BCUT2D eigenvalue weighted by Gasteiger charge is -2.32. The first-order chi connectivity index (χ1) is 15.8. The van der Waals surface area contributed by atoms with Crippen molar-refractivity contribution in [2.75, 3.05) is 24.2 Å². The van der Waals surface area contributed by atoms with Crippen LogP contribution in [0.1, 0.15) is 58.8 Å². The van der Waals surface area contributed by atoms with Gasteiger partial charge in [-0.1, -0.05) is 0 Å². The van der Waals surface area contributed by atoms with E-state index in [4.69, 9.17) is 0 Å². The van der Waals surface area contributed by atoms with Gasteiger partial charge < -0.3 is 9.88 Å². The van der Waals surface area contributed by atoms with Crippen LogP contribution in [0.5, 0.6) is 0 Å². The van der Waals surface area contributed by atoms with Gasteiger partial charge in [-0.2, -0.15) is 0 Å². The molecule has 13 heteroatoms. The molecule has 2 aromatic heterocycles. The molecule has 2 aromatic rings. The van der Waals surface area contributed by atoms with E-state index in [1.54, 1.807) is 6.20 Å². The third kappa shape index (κ3) is 5.69. The normalized spacial score (nSPS) is 16.2. The molecule has 1 fully saturated rings. The first-order valence-corrected chi connectivity index (χ1v) is 12.9. The topological polar surface area (TPSA) is 136 Å². The first-order valence-electron chi connectivity index (χ1n) is 11.3. The number of nitrogens with one attached hydrogen (secondary N) is 1. The Morgan fingerprint density at radius 3 is 2.50 bits per heavy atom. The summed E-state index contributed by atoms with van der Waals surface area (Å²) in [6.07, 6.45) is 3.68. The van der Waals surface area contributed by atoms with Crippen molar-refractivity contribution in [3.05, 3.63) is 34.1 Å². The quantitative estimate of drug-likeness (QED) is 0.412. The van der Waals surface area contributed by atoms with Crippen molar-refractivity contribution < 1.29 is 17.7 Å². The molecule has 0 spiro atoms. The second kappa shape index (κ2) is 9.90. The zero-order chi connectivity index (χ0) is 25.3. The van der Waals surface area contributed by atoms with Crippen LogP contribution in [0.25, 0.3) is 11.4 Å². The van der Waals surface area contributed by atoms with Crippen LogP contribution in [0, 0.1) is 22.9 Å². The van der Waals surface area contributed by atoms with Crippen molar-refractivity contribution >= 4 is 16.0 Å². The molecule has 1 aliphatic heterocycles. The third-order valence-electron chi connectivity index (χ3n) is 6.13. The Morgan fingerprint density at radius 1 is 1.26 bits per heavy atom. The molecule has 34 heavy (non-hydrogen) atoms. The fourth-order valence-electron chi connectivity index (χ4n) is 3.96. The van der Waals surface area contributed by atoms with E-state index >= 15 is 0 Å². The molecule has 3 heterocycles. The second-order valence-electron chi connectivity index (χ2n) is 9.50. The van der Waals surface area contributed by atoms with Crippen LogP contribution in [-0.2, 0) is 10.0 Å². The van der Waals surface area contributed by atoms with E-state index in [0.717, 1.165) is 12.0 Å². The average molecular weight is 498 g/mol. The predicted molar refractivity (Wildman–Crippen MR) is 126 cm³/mol. The van der Waals surface area contributed by atoms with E-state index in [2.05, 4.69) is 20.3 Å². The molecule has 3 rings (SSSR count). The van der Waals surface area contributed by atoms with Crippen molar-refractivity contribution in [3.63, 3.8) is 0 Å². The summed E-state index contributed by atoms with van der Waals surface area (Å²) >= 11 is 0. The minimum atomic E-state index is -3.59. The van der Waals surface area contributed by atoms with Gasteiger partial charge in [0.25, 0.3) is 0 Å². The van der Waals surface area contributed by atoms with Crippen molar-refractivity contribution in [2.45, 2.75) is 71.5 Å².